The molecular weight excluding hydrogens is 577 g/mol. The van der Waals surface area contributed by atoms with E-state index < -0.39 is 11.9 Å². The van der Waals surface area contributed by atoms with Gasteiger partial charge in [0, 0.05) is 11.3 Å². The first-order valence-electron chi connectivity index (χ1n) is 11.6. The molecule has 1 aliphatic heterocycles. The molecule has 0 saturated carbocycles. The van der Waals surface area contributed by atoms with Crippen LogP contribution in [0.5, 0.6) is 11.5 Å². The van der Waals surface area contributed by atoms with Crippen LogP contribution in [0.25, 0.3) is 6.08 Å². The van der Waals surface area contributed by atoms with E-state index in [0.29, 0.717) is 45.7 Å². The Morgan fingerprint density at radius 3 is 2.59 bits per heavy atom. The summed E-state index contributed by atoms with van der Waals surface area (Å²) < 4.78 is 11.9. The van der Waals surface area contributed by atoms with Gasteiger partial charge in [-0.2, -0.15) is 5.01 Å². The second-order valence-electron chi connectivity index (χ2n) is 8.19. The van der Waals surface area contributed by atoms with Crippen molar-refractivity contribution in [3.8, 4) is 11.5 Å². The predicted molar refractivity (Wildman–Crippen MR) is 161 cm³/mol. The Kier molecular flexibility index (Phi) is 9.53. The lowest BCUT2D eigenvalue weighted by molar-refractivity contribution is -0.123. The molecule has 2 N–H and O–H groups in total. The number of thioether (sulfide) groups is 1. The van der Waals surface area contributed by atoms with Crippen LogP contribution in [0.1, 0.15) is 16.7 Å². The normalized spacial score (nSPS) is 13.9. The molecule has 0 spiro atoms. The highest BCUT2D eigenvalue weighted by Gasteiger charge is 2.34. The zero-order valence-corrected chi connectivity index (χ0v) is 23.8. The van der Waals surface area contributed by atoms with Gasteiger partial charge in [-0.05, 0) is 66.2 Å². The molecule has 0 aromatic heterocycles. The second kappa shape index (κ2) is 13.0. The smallest absolute Gasteiger partial charge is 0.338 e. The van der Waals surface area contributed by atoms with Crippen molar-refractivity contribution in [2.24, 2.45) is 0 Å². The van der Waals surface area contributed by atoms with Gasteiger partial charge in [0.25, 0.3) is 5.91 Å². The van der Waals surface area contributed by atoms with Crippen LogP contribution in [-0.4, -0.2) is 28.4 Å². The fourth-order valence-electron chi connectivity index (χ4n) is 3.67. The van der Waals surface area contributed by atoms with Gasteiger partial charge in [0.1, 0.15) is 6.61 Å². The SMILES string of the molecule is C=CCc1cc(/C=C2\SC(=S)N(NC(=O)Nc3ccc(Cl)c(Cl)c3)C2=O)cc(OC)c1OCc1ccccc1. The van der Waals surface area contributed by atoms with E-state index in [1.54, 1.807) is 37.5 Å². The Morgan fingerprint density at radius 2 is 1.90 bits per heavy atom. The fourth-order valence-corrected chi connectivity index (χ4v) is 5.15. The maximum absolute atomic E-state index is 13.1. The van der Waals surface area contributed by atoms with Gasteiger partial charge in [0.2, 0.25) is 0 Å². The molecule has 0 bridgehead atoms. The zero-order chi connectivity index (χ0) is 27.9. The average molecular weight is 601 g/mol. The van der Waals surface area contributed by atoms with E-state index in [0.717, 1.165) is 27.9 Å². The largest absolute Gasteiger partial charge is 0.493 e. The van der Waals surface area contributed by atoms with Gasteiger partial charge in [0.15, 0.2) is 15.8 Å². The van der Waals surface area contributed by atoms with E-state index in [2.05, 4.69) is 17.3 Å². The number of amides is 3. The number of carbonyl (C=O) groups excluding carboxylic acids is 2. The Balaban J connectivity index is 1.52. The molecule has 0 aliphatic carbocycles. The topological polar surface area (TPSA) is 79.9 Å². The molecule has 0 radical (unpaired) electrons. The van der Waals surface area contributed by atoms with E-state index in [1.165, 1.54) is 6.07 Å². The monoisotopic (exact) mass is 599 g/mol. The van der Waals surface area contributed by atoms with Crippen LogP contribution in [0.3, 0.4) is 0 Å². The molecule has 4 rings (SSSR count). The number of rotatable bonds is 9. The number of hydrogen-bond donors (Lipinski definition) is 2. The number of urea groups is 1. The van der Waals surface area contributed by atoms with Crippen molar-refractivity contribution in [1.29, 1.82) is 0 Å². The van der Waals surface area contributed by atoms with Gasteiger partial charge in [0.05, 0.1) is 22.1 Å². The van der Waals surface area contributed by atoms with Crippen LogP contribution in [-0.2, 0) is 17.8 Å². The van der Waals surface area contributed by atoms with Crippen LogP contribution in [0.4, 0.5) is 10.5 Å². The Hall–Kier alpha value is -3.50. The molecule has 1 aliphatic rings. The maximum Gasteiger partial charge on any atom is 0.338 e. The van der Waals surface area contributed by atoms with Crippen molar-refractivity contribution in [2.75, 3.05) is 12.4 Å². The molecule has 200 valence electrons. The molecule has 3 aromatic carbocycles. The Morgan fingerprint density at radius 1 is 1.13 bits per heavy atom. The number of nitrogens with one attached hydrogen (secondary N) is 2. The molecule has 1 saturated heterocycles. The van der Waals surface area contributed by atoms with Crippen LogP contribution in [0.15, 0.2) is 78.2 Å². The van der Waals surface area contributed by atoms with Gasteiger partial charge in [-0.15, -0.1) is 6.58 Å². The summed E-state index contributed by atoms with van der Waals surface area (Å²) in [5.74, 6) is 0.653. The van der Waals surface area contributed by atoms with Crippen molar-refractivity contribution in [1.82, 2.24) is 10.4 Å². The molecular formula is C28H23Cl2N3O4S2. The first-order chi connectivity index (χ1) is 18.8. The lowest BCUT2D eigenvalue weighted by atomic mass is 10.0. The summed E-state index contributed by atoms with van der Waals surface area (Å²) in [6.07, 6.45) is 3.98. The molecule has 7 nitrogen and oxygen atoms in total. The van der Waals surface area contributed by atoms with E-state index in [9.17, 15) is 9.59 Å². The highest BCUT2D eigenvalue weighted by molar-refractivity contribution is 8.26. The summed E-state index contributed by atoms with van der Waals surface area (Å²) in [7, 11) is 1.56. The van der Waals surface area contributed by atoms with Gasteiger partial charge in [-0.25, -0.2) is 10.2 Å². The number of nitrogens with zero attached hydrogens (tertiary/aromatic N) is 1. The van der Waals surface area contributed by atoms with Gasteiger partial charge in [-0.3, -0.25) is 4.79 Å². The quantitative estimate of drug-likeness (QED) is 0.153. The number of hydrazine groups is 1. The molecule has 39 heavy (non-hydrogen) atoms. The summed E-state index contributed by atoms with van der Waals surface area (Å²) in [6, 6.07) is 17.5. The van der Waals surface area contributed by atoms with E-state index in [1.807, 2.05) is 36.4 Å². The minimum atomic E-state index is -0.666. The van der Waals surface area contributed by atoms with Gasteiger partial charge in [-0.1, -0.05) is 71.4 Å². The summed E-state index contributed by atoms with van der Waals surface area (Å²) in [5, 5.41) is 4.24. The van der Waals surface area contributed by atoms with Crippen molar-refractivity contribution >= 4 is 75.2 Å². The number of halogens is 2. The minimum absolute atomic E-state index is 0.177. The minimum Gasteiger partial charge on any atom is -0.493 e. The van der Waals surface area contributed by atoms with Crippen LogP contribution in [0, 0.1) is 0 Å². The van der Waals surface area contributed by atoms with E-state index in [4.69, 9.17) is 44.9 Å². The van der Waals surface area contributed by atoms with E-state index in [-0.39, 0.29) is 9.34 Å². The van der Waals surface area contributed by atoms with Gasteiger partial charge < -0.3 is 14.8 Å². The molecule has 3 amide bonds. The number of thiocarbonyl (C=S) groups is 1. The highest BCUT2D eigenvalue weighted by Crippen LogP contribution is 2.37. The molecule has 0 atom stereocenters. The van der Waals surface area contributed by atoms with Crippen LogP contribution < -0.4 is 20.2 Å². The van der Waals surface area contributed by atoms with Crippen molar-refractivity contribution in [3.63, 3.8) is 0 Å². The average Bonchev–Trinajstić information content (AvgIpc) is 3.17. The van der Waals surface area contributed by atoms with Crippen LogP contribution in [0.2, 0.25) is 10.0 Å². The first kappa shape index (κ1) is 28.5. The molecule has 1 heterocycles. The lowest BCUT2D eigenvalue weighted by Gasteiger charge is -2.17. The third-order valence-corrected chi connectivity index (χ3v) is 7.49. The Bertz CT molecular complexity index is 1460. The molecule has 11 heteroatoms. The summed E-state index contributed by atoms with van der Waals surface area (Å²) in [5.41, 5.74) is 5.45. The predicted octanol–water partition coefficient (Wildman–Crippen LogP) is 7.25. The second-order valence-corrected chi connectivity index (χ2v) is 10.7. The molecule has 3 aromatic rings. The number of benzene rings is 3. The van der Waals surface area contributed by atoms with Crippen molar-refractivity contribution < 1.29 is 19.1 Å². The number of hydrogen-bond acceptors (Lipinski definition) is 6. The van der Waals surface area contributed by atoms with Crippen LogP contribution >= 0.6 is 47.2 Å². The maximum atomic E-state index is 13.1. The Labute approximate surface area is 245 Å². The number of anilines is 1. The molecule has 1 fully saturated rings. The standard InChI is InChI=1S/C28H23Cl2N3O4S2/c1-3-7-19-12-18(13-23(36-2)25(19)37-16-17-8-5-4-6-9-17)14-24-26(34)33(28(38)39-24)32-27(35)31-20-10-11-21(29)22(30)15-20/h3-6,8-15H,1,7,16H2,2H3,(H2,31,32,35)/b24-14-. The van der Waals surface area contributed by atoms with E-state index >= 15 is 0 Å². The molecule has 0 unspecified atom stereocenters. The van der Waals surface area contributed by atoms with Crippen molar-refractivity contribution in [3.05, 3.63) is 105 Å². The third kappa shape index (κ3) is 7.13. The highest BCUT2D eigenvalue weighted by atomic mass is 35.5. The lowest BCUT2D eigenvalue weighted by Crippen LogP contribution is -2.46. The fraction of sp³-hybridized carbons (Fsp3) is 0.107. The zero-order valence-electron chi connectivity index (χ0n) is 20.7. The summed E-state index contributed by atoms with van der Waals surface area (Å²) >= 11 is 18.3. The number of allylic oxidation sites excluding steroid dienone is 1. The van der Waals surface area contributed by atoms with Gasteiger partial charge >= 0.3 is 6.03 Å². The number of methoxy groups -OCH3 is 1. The number of carbonyl (C=O) groups is 2. The summed E-state index contributed by atoms with van der Waals surface area (Å²) in [4.78, 5) is 25.9. The summed E-state index contributed by atoms with van der Waals surface area (Å²) in [6.45, 7) is 4.22. The first-order valence-corrected chi connectivity index (χ1v) is 13.6. The third-order valence-electron chi connectivity index (χ3n) is 5.45. The van der Waals surface area contributed by atoms with Crippen molar-refractivity contribution in [2.45, 2.75) is 13.0 Å². The number of ether oxygens (including phenoxy) is 2.